The van der Waals surface area contributed by atoms with E-state index < -0.39 is 6.68 Å². The van der Waals surface area contributed by atoms with E-state index in [2.05, 4.69) is 37.4 Å². The fourth-order valence-corrected chi connectivity index (χ4v) is 3.32. The van der Waals surface area contributed by atoms with Crippen LogP contribution in [0.2, 0.25) is 0 Å². The number of rotatable bonds is 3. The summed E-state index contributed by atoms with van der Waals surface area (Å²) in [6.07, 6.45) is 2.25. The quantitative estimate of drug-likeness (QED) is 0.815. The molecule has 0 fully saturated rings. The summed E-state index contributed by atoms with van der Waals surface area (Å²) in [5, 5.41) is 9.28. The van der Waals surface area contributed by atoms with Gasteiger partial charge in [-0.2, -0.15) is 13.2 Å². The molecule has 0 amide bonds. The van der Waals surface area contributed by atoms with Gasteiger partial charge in [0.2, 0.25) is 0 Å². The van der Waals surface area contributed by atoms with Crippen molar-refractivity contribution in [3.8, 4) is 5.75 Å². The molecular weight excluding hydrogens is 297 g/mol. The fraction of sp³-hybridized carbons (Fsp3) is 0.250. The molecule has 0 bridgehead atoms. The molecule has 5 heteroatoms. The van der Waals surface area contributed by atoms with Crippen molar-refractivity contribution in [3.05, 3.63) is 59.7 Å². The van der Waals surface area contributed by atoms with Crippen LogP contribution in [0.4, 0.5) is 13.2 Å². The number of benzene rings is 2. The van der Waals surface area contributed by atoms with E-state index in [1.165, 1.54) is 16.0 Å². The van der Waals surface area contributed by atoms with Gasteiger partial charge in [0.05, 0.1) is 0 Å². The predicted octanol–water partition coefficient (Wildman–Crippen LogP) is 4.69. The number of alkyl halides is 3. The highest BCUT2D eigenvalue weighted by atomic mass is 32.2. The Bertz CT molecular complexity index is 541. The van der Waals surface area contributed by atoms with Crippen LogP contribution in [0.5, 0.6) is 5.75 Å². The molecule has 1 atom stereocenters. The van der Waals surface area contributed by atoms with Crippen LogP contribution in [0.3, 0.4) is 0 Å². The Morgan fingerprint density at radius 3 is 2.05 bits per heavy atom. The Morgan fingerprint density at radius 1 is 1.00 bits per heavy atom. The van der Waals surface area contributed by atoms with Gasteiger partial charge >= 0.3 is 6.68 Å². The second-order valence-corrected chi connectivity index (χ2v) is 6.48. The first-order chi connectivity index (χ1) is 9.90. The maximum Gasteiger partial charge on any atom is 0.379 e. The van der Waals surface area contributed by atoms with Gasteiger partial charge in [-0.3, -0.25) is 0 Å². The van der Waals surface area contributed by atoms with E-state index in [0.29, 0.717) is 5.75 Å². The van der Waals surface area contributed by atoms with Crippen LogP contribution in [0.25, 0.3) is 0 Å². The van der Waals surface area contributed by atoms with Crippen molar-refractivity contribution in [2.45, 2.75) is 24.3 Å². The lowest BCUT2D eigenvalue weighted by molar-refractivity contribution is 0.00819. The van der Waals surface area contributed by atoms with Crippen LogP contribution in [-0.4, -0.2) is 18.0 Å². The molecule has 114 valence electrons. The lowest BCUT2D eigenvalue weighted by Gasteiger charge is -2.06. The van der Waals surface area contributed by atoms with Crippen molar-refractivity contribution in [2.75, 3.05) is 6.26 Å². The Labute approximate surface area is 125 Å². The summed E-state index contributed by atoms with van der Waals surface area (Å²) in [6.45, 7) is -1.51. The maximum atomic E-state index is 9.67. The third-order valence-corrected chi connectivity index (χ3v) is 4.69. The Morgan fingerprint density at radius 2 is 1.52 bits per heavy atom. The van der Waals surface area contributed by atoms with E-state index in [1.807, 2.05) is 12.1 Å². The van der Waals surface area contributed by atoms with Gasteiger partial charge in [0, 0.05) is 16.5 Å². The Kier molecular flexibility index (Phi) is 7.15. The zero-order chi connectivity index (χ0) is 15.8. The highest BCUT2D eigenvalue weighted by Crippen LogP contribution is 2.20. The van der Waals surface area contributed by atoms with Gasteiger partial charge in [-0.15, -0.1) is 0 Å². The van der Waals surface area contributed by atoms with E-state index >= 15 is 0 Å². The second-order valence-electron chi connectivity index (χ2n) is 4.45. The van der Waals surface area contributed by atoms with E-state index in [0.717, 1.165) is 5.75 Å². The summed E-state index contributed by atoms with van der Waals surface area (Å²) in [6, 6.07) is 16.1. The Hall–Kier alpha value is -1.62. The normalized spacial score (nSPS) is 11.7. The summed E-state index contributed by atoms with van der Waals surface area (Å²) in [7, 11) is 0.186. The van der Waals surface area contributed by atoms with Crippen LogP contribution in [0.1, 0.15) is 11.1 Å². The number of halogens is 3. The third-order valence-electron chi connectivity index (χ3n) is 2.87. The average molecular weight is 315 g/mol. The van der Waals surface area contributed by atoms with Gasteiger partial charge < -0.3 is 5.11 Å². The van der Waals surface area contributed by atoms with Crippen LogP contribution >= 0.6 is 0 Å². The van der Waals surface area contributed by atoms with E-state index in [-0.39, 0.29) is 10.9 Å². The third kappa shape index (κ3) is 6.58. The van der Waals surface area contributed by atoms with Crippen molar-refractivity contribution in [1.82, 2.24) is 0 Å². The first kappa shape index (κ1) is 17.4. The highest BCUT2D eigenvalue weighted by Gasteiger charge is 2.16. The molecule has 0 aliphatic rings. The minimum Gasteiger partial charge on any atom is -0.508 e. The van der Waals surface area contributed by atoms with Crippen molar-refractivity contribution in [3.63, 3.8) is 0 Å². The molecule has 1 N–H and O–H groups in total. The fourth-order valence-electron chi connectivity index (χ4n) is 1.77. The van der Waals surface area contributed by atoms with E-state index in [9.17, 15) is 18.3 Å². The number of phenolic OH excluding ortho intramolecular Hbond substituents is 1. The highest BCUT2D eigenvalue weighted by molar-refractivity contribution is 7.95. The van der Waals surface area contributed by atoms with Crippen molar-refractivity contribution >= 4 is 10.9 Å². The summed E-state index contributed by atoms with van der Waals surface area (Å²) in [5.74, 6) is 1.40. The lowest BCUT2D eigenvalue weighted by Crippen LogP contribution is -2.04. The van der Waals surface area contributed by atoms with Gasteiger partial charge in [-0.1, -0.05) is 24.3 Å². The number of aryl methyl sites for hydroxylation is 1. The average Bonchev–Trinajstić information content (AvgIpc) is 2.41. The molecule has 0 heterocycles. The first-order valence-electron chi connectivity index (χ1n) is 6.28. The molecule has 0 saturated carbocycles. The largest absolute Gasteiger partial charge is 0.508 e. The molecule has 1 unspecified atom stereocenters. The molecule has 2 aromatic carbocycles. The van der Waals surface area contributed by atoms with Crippen LogP contribution in [0, 0.1) is 6.92 Å². The second kappa shape index (κ2) is 8.62. The smallest absolute Gasteiger partial charge is 0.379 e. The summed E-state index contributed by atoms with van der Waals surface area (Å²) in [5.41, 5.74) is 2.76. The predicted molar refractivity (Wildman–Crippen MR) is 81.7 cm³/mol. The van der Waals surface area contributed by atoms with Crippen molar-refractivity contribution in [2.24, 2.45) is 0 Å². The molecule has 2 rings (SSSR count). The SMILES string of the molecule is Cc1ccccc1C[S+](C)c1ccc(O)cc1.FC(F)F. The number of phenols is 1. The summed E-state index contributed by atoms with van der Waals surface area (Å²) in [4.78, 5) is 1.30. The topological polar surface area (TPSA) is 20.2 Å². The molecule has 0 aliphatic carbocycles. The number of hydrogen-bond acceptors (Lipinski definition) is 1. The van der Waals surface area contributed by atoms with E-state index in [4.69, 9.17) is 0 Å². The van der Waals surface area contributed by atoms with Gasteiger partial charge in [0.25, 0.3) is 0 Å². The zero-order valence-corrected chi connectivity index (χ0v) is 12.7. The Balaban J connectivity index is 0.000000491. The molecule has 0 spiro atoms. The molecule has 2 aromatic rings. The van der Waals surface area contributed by atoms with Gasteiger partial charge in [-0.25, -0.2) is 0 Å². The lowest BCUT2D eigenvalue weighted by atomic mass is 10.1. The molecule has 21 heavy (non-hydrogen) atoms. The minimum absolute atomic E-state index is 0.186. The molecular formula is C16H18F3OS+. The van der Waals surface area contributed by atoms with Crippen LogP contribution < -0.4 is 0 Å². The van der Waals surface area contributed by atoms with Gasteiger partial charge in [0.1, 0.15) is 17.8 Å². The summed E-state index contributed by atoms with van der Waals surface area (Å²) < 4.78 is 29.0. The number of aromatic hydroxyl groups is 1. The molecule has 0 radical (unpaired) electrons. The molecule has 0 aromatic heterocycles. The molecule has 1 nitrogen and oxygen atoms in total. The monoisotopic (exact) mass is 315 g/mol. The van der Waals surface area contributed by atoms with Gasteiger partial charge in [-0.05, 0) is 36.8 Å². The van der Waals surface area contributed by atoms with Crippen molar-refractivity contribution in [1.29, 1.82) is 0 Å². The first-order valence-corrected chi connectivity index (χ1v) is 8.08. The van der Waals surface area contributed by atoms with Crippen molar-refractivity contribution < 1.29 is 18.3 Å². The molecule has 0 saturated heterocycles. The summed E-state index contributed by atoms with van der Waals surface area (Å²) >= 11 is 0. The zero-order valence-electron chi connectivity index (χ0n) is 11.9. The standard InChI is InChI=1S/C15H16OS.CHF3/c1-12-5-3-4-6-13(12)11-17(2)15-9-7-14(16)8-10-15;2-1(3)4/h3-10H,11H2,1-2H3;1H/p+1. The van der Waals surface area contributed by atoms with Crippen LogP contribution in [0.15, 0.2) is 53.4 Å². The minimum atomic E-state index is -3.67. The van der Waals surface area contributed by atoms with Crippen LogP contribution in [-0.2, 0) is 16.6 Å². The van der Waals surface area contributed by atoms with Gasteiger partial charge in [0.15, 0.2) is 4.90 Å². The molecule has 0 aliphatic heterocycles. The maximum absolute atomic E-state index is 9.67. The number of hydrogen-bond donors (Lipinski definition) is 1. The van der Waals surface area contributed by atoms with E-state index in [1.54, 1.807) is 12.1 Å².